The molecule has 2 heterocycles. The number of nitrogens with one attached hydrogen (secondary N) is 1. The zero-order valence-corrected chi connectivity index (χ0v) is 14.0. The molecular weight excluding hydrogens is 304 g/mol. The maximum atomic E-state index is 11.1. The van der Waals surface area contributed by atoms with E-state index in [0.29, 0.717) is 17.3 Å². The predicted octanol–water partition coefficient (Wildman–Crippen LogP) is 3.46. The van der Waals surface area contributed by atoms with Gasteiger partial charge in [-0.05, 0) is 43.9 Å². The number of nitrogens with zero attached hydrogens (tertiary/aromatic N) is 3. The number of aromatic nitrogens is 2. The summed E-state index contributed by atoms with van der Waals surface area (Å²) >= 11 is 0. The highest BCUT2D eigenvalue weighted by Crippen LogP contribution is 2.24. The molecule has 3 rings (SSSR count). The quantitative estimate of drug-likeness (QED) is 0.896. The van der Waals surface area contributed by atoms with Crippen molar-refractivity contribution in [2.45, 2.75) is 26.7 Å². The van der Waals surface area contributed by atoms with Crippen LogP contribution in [0, 0.1) is 12.8 Å². The lowest BCUT2D eigenvalue weighted by Crippen LogP contribution is -2.33. The molecule has 0 saturated carbocycles. The highest BCUT2D eigenvalue weighted by Gasteiger charge is 2.18. The average molecular weight is 326 g/mol. The van der Waals surface area contributed by atoms with Crippen LogP contribution < -0.4 is 10.2 Å². The molecule has 0 unspecified atom stereocenters. The Morgan fingerprint density at radius 3 is 2.71 bits per heavy atom. The van der Waals surface area contributed by atoms with E-state index in [1.165, 1.54) is 12.8 Å². The van der Waals surface area contributed by atoms with E-state index in [9.17, 15) is 4.79 Å². The van der Waals surface area contributed by atoms with Crippen LogP contribution in [-0.4, -0.2) is 34.1 Å². The van der Waals surface area contributed by atoms with Crippen molar-refractivity contribution in [1.29, 1.82) is 0 Å². The van der Waals surface area contributed by atoms with Crippen molar-refractivity contribution in [1.82, 2.24) is 9.97 Å². The van der Waals surface area contributed by atoms with Crippen molar-refractivity contribution in [3.05, 3.63) is 41.7 Å². The average Bonchev–Trinajstić information content (AvgIpc) is 2.55. The van der Waals surface area contributed by atoms with Gasteiger partial charge in [0.25, 0.3) is 0 Å². The second-order valence-electron chi connectivity index (χ2n) is 6.34. The van der Waals surface area contributed by atoms with Crippen molar-refractivity contribution >= 4 is 23.3 Å². The molecule has 0 atom stereocenters. The molecule has 1 saturated heterocycles. The number of carboxylic acid groups (broad SMARTS) is 1. The summed E-state index contributed by atoms with van der Waals surface area (Å²) in [6, 6.07) is 8.64. The van der Waals surface area contributed by atoms with Crippen molar-refractivity contribution in [3.8, 4) is 0 Å². The number of hydrogen-bond acceptors (Lipinski definition) is 5. The summed E-state index contributed by atoms with van der Waals surface area (Å²) in [6.45, 7) is 6.16. The molecule has 0 amide bonds. The first-order valence-electron chi connectivity index (χ1n) is 8.22. The highest BCUT2D eigenvalue weighted by atomic mass is 16.4. The third-order valence-corrected chi connectivity index (χ3v) is 4.31. The number of rotatable bonds is 4. The van der Waals surface area contributed by atoms with Gasteiger partial charge in [-0.25, -0.2) is 14.8 Å². The van der Waals surface area contributed by atoms with Crippen LogP contribution in [0.2, 0.25) is 0 Å². The standard InChI is InChI=1S/C18H22N4O2/c1-12-6-8-22(9-7-12)17-11-16(19-13(2)20-17)21-15-5-3-4-14(10-15)18(23)24/h3-5,10-12H,6-9H2,1-2H3,(H,23,24)(H,19,20,21). The molecule has 6 heteroatoms. The fraction of sp³-hybridized carbons (Fsp3) is 0.389. The van der Waals surface area contributed by atoms with Crippen LogP contribution in [0.3, 0.4) is 0 Å². The first-order chi connectivity index (χ1) is 11.5. The first-order valence-corrected chi connectivity index (χ1v) is 8.22. The third kappa shape index (κ3) is 3.82. The van der Waals surface area contributed by atoms with Crippen molar-refractivity contribution in [3.63, 3.8) is 0 Å². The molecular formula is C18H22N4O2. The maximum Gasteiger partial charge on any atom is 0.335 e. The van der Waals surface area contributed by atoms with E-state index in [-0.39, 0.29) is 5.56 Å². The summed E-state index contributed by atoms with van der Waals surface area (Å²) < 4.78 is 0. The Hall–Kier alpha value is -2.63. The summed E-state index contributed by atoms with van der Waals surface area (Å²) in [7, 11) is 0. The minimum Gasteiger partial charge on any atom is -0.478 e. The maximum absolute atomic E-state index is 11.1. The summed E-state index contributed by atoms with van der Waals surface area (Å²) in [4.78, 5) is 22.3. The Morgan fingerprint density at radius 1 is 1.25 bits per heavy atom. The molecule has 2 N–H and O–H groups in total. The third-order valence-electron chi connectivity index (χ3n) is 4.31. The number of hydrogen-bond donors (Lipinski definition) is 2. The van der Waals surface area contributed by atoms with Gasteiger partial charge < -0.3 is 15.3 Å². The minimum absolute atomic E-state index is 0.246. The van der Waals surface area contributed by atoms with Crippen molar-refractivity contribution < 1.29 is 9.90 Å². The van der Waals surface area contributed by atoms with Gasteiger partial charge in [-0.3, -0.25) is 0 Å². The number of anilines is 3. The molecule has 2 aromatic rings. The Balaban J connectivity index is 1.81. The fourth-order valence-electron chi connectivity index (χ4n) is 2.89. The molecule has 1 aromatic carbocycles. The monoisotopic (exact) mass is 326 g/mol. The molecule has 0 spiro atoms. The second-order valence-corrected chi connectivity index (χ2v) is 6.34. The zero-order valence-electron chi connectivity index (χ0n) is 14.0. The van der Waals surface area contributed by atoms with E-state index in [1.54, 1.807) is 18.2 Å². The lowest BCUT2D eigenvalue weighted by Gasteiger charge is -2.31. The molecule has 1 aliphatic rings. The summed E-state index contributed by atoms with van der Waals surface area (Å²) in [5, 5.41) is 12.3. The van der Waals surface area contributed by atoms with E-state index >= 15 is 0 Å². The van der Waals surface area contributed by atoms with Gasteiger partial charge in [0.15, 0.2) is 0 Å². The summed E-state index contributed by atoms with van der Waals surface area (Å²) in [5.41, 5.74) is 0.947. The molecule has 1 aliphatic heterocycles. The van der Waals surface area contributed by atoms with Crippen LogP contribution in [0.4, 0.5) is 17.3 Å². The lowest BCUT2D eigenvalue weighted by molar-refractivity contribution is 0.0697. The number of piperidine rings is 1. The molecule has 6 nitrogen and oxygen atoms in total. The van der Waals surface area contributed by atoms with E-state index in [4.69, 9.17) is 5.11 Å². The van der Waals surface area contributed by atoms with Gasteiger partial charge in [-0.2, -0.15) is 0 Å². The molecule has 24 heavy (non-hydrogen) atoms. The van der Waals surface area contributed by atoms with Gasteiger partial charge in [0.1, 0.15) is 17.5 Å². The first kappa shape index (κ1) is 16.2. The second kappa shape index (κ2) is 6.86. The van der Waals surface area contributed by atoms with Crippen LogP contribution in [0.1, 0.15) is 35.9 Å². The van der Waals surface area contributed by atoms with Crippen LogP contribution in [0.25, 0.3) is 0 Å². The lowest BCUT2D eigenvalue weighted by atomic mass is 9.99. The SMILES string of the molecule is Cc1nc(Nc2cccc(C(=O)O)c2)cc(N2CCC(C)CC2)n1. The van der Waals surface area contributed by atoms with Gasteiger partial charge in [0, 0.05) is 24.8 Å². The molecule has 126 valence electrons. The largest absolute Gasteiger partial charge is 0.478 e. The molecule has 0 bridgehead atoms. The normalized spacial score (nSPS) is 15.3. The van der Waals surface area contributed by atoms with Crippen LogP contribution in [-0.2, 0) is 0 Å². The molecule has 1 aromatic heterocycles. The van der Waals surface area contributed by atoms with Crippen LogP contribution >= 0.6 is 0 Å². The van der Waals surface area contributed by atoms with Crippen LogP contribution in [0.5, 0.6) is 0 Å². The van der Waals surface area contributed by atoms with E-state index in [1.807, 2.05) is 19.1 Å². The zero-order chi connectivity index (χ0) is 17.1. The molecule has 1 fully saturated rings. The van der Waals surface area contributed by atoms with Crippen molar-refractivity contribution in [2.75, 3.05) is 23.3 Å². The Labute approximate surface area is 141 Å². The number of carboxylic acids is 1. The number of benzene rings is 1. The van der Waals surface area contributed by atoms with E-state index in [0.717, 1.165) is 24.8 Å². The highest BCUT2D eigenvalue weighted by molar-refractivity contribution is 5.89. The van der Waals surface area contributed by atoms with E-state index < -0.39 is 5.97 Å². The summed E-state index contributed by atoms with van der Waals surface area (Å²) in [6.07, 6.45) is 2.35. The van der Waals surface area contributed by atoms with Gasteiger partial charge >= 0.3 is 5.97 Å². The van der Waals surface area contributed by atoms with Crippen LogP contribution in [0.15, 0.2) is 30.3 Å². The van der Waals surface area contributed by atoms with E-state index in [2.05, 4.69) is 27.1 Å². The van der Waals surface area contributed by atoms with Gasteiger partial charge in [-0.1, -0.05) is 13.0 Å². The van der Waals surface area contributed by atoms with Gasteiger partial charge in [-0.15, -0.1) is 0 Å². The fourth-order valence-corrected chi connectivity index (χ4v) is 2.89. The van der Waals surface area contributed by atoms with Gasteiger partial charge in [0.2, 0.25) is 0 Å². The van der Waals surface area contributed by atoms with Gasteiger partial charge in [0.05, 0.1) is 5.56 Å². The minimum atomic E-state index is -0.944. The Morgan fingerprint density at radius 2 is 2.00 bits per heavy atom. The predicted molar refractivity (Wildman–Crippen MR) is 94.1 cm³/mol. The summed E-state index contributed by atoms with van der Waals surface area (Å²) in [5.74, 6) is 2.12. The number of aromatic carboxylic acids is 1. The number of aryl methyl sites for hydroxylation is 1. The molecule has 0 radical (unpaired) electrons. The Kier molecular flexibility index (Phi) is 4.64. The smallest absolute Gasteiger partial charge is 0.335 e. The molecule has 0 aliphatic carbocycles. The number of carbonyl (C=O) groups is 1. The van der Waals surface area contributed by atoms with Crippen molar-refractivity contribution in [2.24, 2.45) is 5.92 Å². The Bertz CT molecular complexity index is 740. The topological polar surface area (TPSA) is 78.3 Å².